The number of hydrogen-bond donors (Lipinski definition) is 1. The number of anilines is 1. The van der Waals surface area contributed by atoms with Crippen LogP contribution in [-0.4, -0.2) is 6.04 Å². The maximum absolute atomic E-state index is 12.8. The molecule has 0 heterocycles. The van der Waals surface area contributed by atoms with Crippen molar-refractivity contribution in [3.05, 3.63) is 63.3 Å². The third-order valence-corrected chi connectivity index (χ3v) is 3.71. The van der Waals surface area contributed by atoms with Crippen molar-refractivity contribution in [3.63, 3.8) is 0 Å². The summed E-state index contributed by atoms with van der Waals surface area (Å²) < 4.78 is 13.8. The molecule has 0 bridgehead atoms. The van der Waals surface area contributed by atoms with Gasteiger partial charge in [-0.05, 0) is 65.2 Å². The summed E-state index contributed by atoms with van der Waals surface area (Å²) in [5, 5.41) is 4.08. The first-order valence-electron chi connectivity index (χ1n) is 6.00. The molecule has 0 aliphatic heterocycles. The van der Waals surface area contributed by atoms with Crippen LogP contribution in [0.1, 0.15) is 12.5 Å². The van der Waals surface area contributed by atoms with E-state index in [9.17, 15) is 4.39 Å². The second-order valence-corrected chi connectivity index (χ2v) is 5.79. The largest absolute Gasteiger partial charge is 0.381 e. The standard InChI is InChI=1S/C15H14BrClFN/c1-10(8-11-2-5-13(18)6-3-11)19-15-9-12(17)4-7-14(15)16/h2-7,9-10,19H,8H2,1H3. The highest BCUT2D eigenvalue weighted by Gasteiger charge is 2.07. The molecular weight excluding hydrogens is 329 g/mol. The zero-order valence-electron chi connectivity index (χ0n) is 10.5. The second kappa shape index (κ2) is 6.40. The van der Waals surface area contributed by atoms with Crippen LogP contribution in [0.25, 0.3) is 0 Å². The molecule has 0 radical (unpaired) electrons. The van der Waals surface area contributed by atoms with Gasteiger partial charge in [0.05, 0.1) is 5.69 Å². The van der Waals surface area contributed by atoms with E-state index in [1.165, 1.54) is 12.1 Å². The topological polar surface area (TPSA) is 12.0 Å². The lowest BCUT2D eigenvalue weighted by molar-refractivity contribution is 0.626. The smallest absolute Gasteiger partial charge is 0.123 e. The maximum atomic E-state index is 12.8. The van der Waals surface area contributed by atoms with Gasteiger partial charge in [0, 0.05) is 15.5 Å². The molecule has 4 heteroatoms. The van der Waals surface area contributed by atoms with Gasteiger partial charge in [0.1, 0.15) is 5.82 Å². The van der Waals surface area contributed by atoms with Crippen LogP contribution < -0.4 is 5.32 Å². The van der Waals surface area contributed by atoms with Gasteiger partial charge in [-0.25, -0.2) is 4.39 Å². The highest BCUT2D eigenvalue weighted by Crippen LogP contribution is 2.26. The Morgan fingerprint density at radius 2 is 1.89 bits per heavy atom. The summed E-state index contributed by atoms with van der Waals surface area (Å²) in [5.41, 5.74) is 2.06. The minimum Gasteiger partial charge on any atom is -0.381 e. The first kappa shape index (κ1) is 14.4. The van der Waals surface area contributed by atoms with Crippen LogP contribution in [-0.2, 0) is 6.42 Å². The first-order valence-corrected chi connectivity index (χ1v) is 7.18. The van der Waals surface area contributed by atoms with Gasteiger partial charge in [0.2, 0.25) is 0 Å². The molecule has 0 aromatic heterocycles. The minimum absolute atomic E-state index is 0.207. The third-order valence-electron chi connectivity index (χ3n) is 2.79. The molecule has 1 atom stereocenters. The molecule has 0 aliphatic rings. The van der Waals surface area contributed by atoms with Gasteiger partial charge in [-0.2, -0.15) is 0 Å². The molecule has 0 aliphatic carbocycles. The van der Waals surface area contributed by atoms with Crippen molar-refractivity contribution >= 4 is 33.2 Å². The van der Waals surface area contributed by atoms with Gasteiger partial charge >= 0.3 is 0 Å². The zero-order chi connectivity index (χ0) is 13.8. The van der Waals surface area contributed by atoms with Crippen LogP contribution in [0.15, 0.2) is 46.9 Å². The van der Waals surface area contributed by atoms with Crippen molar-refractivity contribution in [2.75, 3.05) is 5.32 Å². The normalized spacial score (nSPS) is 12.2. The van der Waals surface area contributed by atoms with Crippen molar-refractivity contribution in [1.82, 2.24) is 0 Å². The molecule has 2 aromatic rings. The number of hydrogen-bond acceptors (Lipinski definition) is 1. The highest BCUT2D eigenvalue weighted by molar-refractivity contribution is 9.10. The lowest BCUT2D eigenvalue weighted by atomic mass is 10.1. The Balaban J connectivity index is 2.02. The van der Waals surface area contributed by atoms with Gasteiger partial charge in [-0.3, -0.25) is 0 Å². The van der Waals surface area contributed by atoms with Gasteiger partial charge < -0.3 is 5.32 Å². The van der Waals surface area contributed by atoms with Crippen molar-refractivity contribution in [2.24, 2.45) is 0 Å². The molecular formula is C15H14BrClFN. The highest BCUT2D eigenvalue weighted by atomic mass is 79.9. The summed E-state index contributed by atoms with van der Waals surface area (Å²) in [6.07, 6.45) is 0.819. The molecule has 0 amide bonds. The Hall–Kier alpha value is -1.06. The van der Waals surface area contributed by atoms with Gasteiger partial charge in [-0.1, -0.05) is 23.7 Å². The van der Waals surface area contributed by atoms with E-state index >= 15 is 0 Å². The molecule has 0 spiro atoms. The second-order valence-electron chi connectivity index (χ2n) is 4.50. The molecule has 0 saturated heterocycles. The molecule has 1 unspecified atom stereocenters. The Bertz CT molecular complexity index is 557. The number of nitrogens with one attached hydrogen (secondary N) is 1. The lowest BCUT2D eigenvalue weighted by Gasteiger charge is -2.17. The van der Waals surface area contributed by atoms with Crippen LogP contribution in [0, 0.1) is 5.82 Å². The van der Waals surface area contributed by atoms with Crippen molar-refractivity contribution in [3.8, 4) is 0 Å². The third kappa shape index (κ3) is 4.22. The molecule has 2 aromatic carbocycles. The van der Waals surface area contributed by atoms with E-state index < -0.39 is 0 Å². The Labute approximate surface area is 125 Å². The van der Waals surface area contributed by atoms with E-state index in [1.54, 1.807) is 12.1 Å². The lowest BCUT2D eigenvalue weighted by Crippen LogP contribution is -2.18. The number of halogens is 3. The monoisotopic (exact) mass is 341 g/mol. The van der Waals surface area contributed by atoms with Crippen LogP contribution in [0.5, 0.6) is 0 Å². The molecule has 1 nitrogen and oxygen atoms in total. The van der Waals surface area contributed by atoms with Crippen LogP contribution in [0.3, 0.4) is 0 Å². The quantitative estimate of drug-likeness (QED) is 0.796. The van der Waals surface area contributed by atoms with Crippen molar-refractivity contribution in [1.29, 1.82) is 0 Å². The maximum Gasteiger partial charge on any atom is 0.123 e. The predicted octanol–water partition coefficient (Wildman–Crippen LogP) is 5.28. The Morgan fingerprint density at radius 1 is 1.21 bits per heavy atom. The average Bonchev–Trinajstić information content (AvgIpc) is 2.37. The molecule has 100 valence electrons. The summed E-state index contributed by atoms with van der Waals surface area (Å²) in [6.45, 7) is 2.08. The van der Waals surface area contributed by atoms with Crippen molar-refractivity contribution < 1.29 is 4.39 Å². The van der Waals surface area contributed by atoms with E-state index in [1.807, 2.05) is 18.2 Å². The fraction of sp³-hybridized carbons (Fsp3) is 0.200. The first-order chi connectivity index (χ1) is 9.04. The van der Waals surface area contributed by atoms with E-state index in [4.69, 9.17) is 11.6 Å². The summed E-state index contributed by atoms with van der Waals surface area (Å²) in [5.74, 6) is -0.207. The summed E-state index contributed by atoms with van der Waals surface area (Å²) in [4.78, 5) is 0. The Morgan fingerprint density at radius 3 is 2.58 bits per heavy atom. The fourth-order valence-corrected chi connectivity index (χ4v) is 2.43. The van der Waals surface area contributed by atoms with E-state index in [0.717, 1.165) is 22.1 Å². The van der Waals surface area contributed by atoms with Crippen LogP contribution in [0.4, 0.5) is 10.1 Å². The van der Waals surface area contributed by atoms with Crippen molar-refractivity contribution in [2.45, 2.75) is 19.4 Å². The molecule has 0 saturated carbocycles. The summed E-state index contributed by atoms with van der Waals surface area (Å²) in [6, 6.07) is 12.4. The van der Waals surface area contributed by atoms with E-state index in [0.29, 0.717) is 5.02 Å². The number of rotatable bonds is 4. The van der Waals surface area contributed by atoms with Crippen LogP contribution >= 0.6 is 27.5 Å². The molecule has 2 rings (SSSR count). The molecule has 1 N–H and O–H groups in total. The van der Waals surface area contributed by atoms with Crippen LogP contribution in [0.2, 0.25) is 5.02 Å². The van der Waals surface area contributed by atoms with Gasteiger partial charge in [0.15, 0.2) is 0 Å². The van der Waals surface area contributed by atoms with Gasteiger partial charge in [-0.15, -0.1) is 0 Å². The van der Waals surface area contributed by atoms with E-state index in [2.05, 4.69) is 28.2 Å². The summed E-state index contributed by atoms with van der Waals surface area (Å²) >= 11 is 9.46. The zero-order valence-corrected chi connectivity index (χ0v) is 12.8. The SMILES string of the molecule is CC(Cc1ccc(F)cc1)Nc1cc(Cl)ccc1Br. The molecule has 19 heavy (non-hydrogen) atoms. The van der Waals surface area contributed by atoms with E-state index in [-0.39, 0.29) is 11.9 Å². The predicted molar refractivity (Wildman–Crippen MR) is 82.3 cm³/mol. The van der Waals surface area contributed by atoms with Gasteiger partial charge in [0.25, 0.3) is 0 Å². The average molecular weight is 343 g/mol. The fourth-order valence-electron chi connectivity index (χ4n) is 1.90. The minimum atomic E-state index is -0.207. The Kier molecular flexibility index (Phi) is 4.83. The summed E-state index contributed by atoms with van der Waals surface area (Å²) in [7, 11) is 0. The molecule has 0 fully saturated rings. The number of benzene rings is 2.